The van der Waals surface area contributed by atoms with Crippen molar-refractivity contribution in [1.29, 1.82) is 0 Å². The number of ether oxygens (including phenoxy) is 1. The van der Waals surface area contributed by atoms with E-state index in [4.69, 9.17) is 4.74 Å². The maximum Gasteiger partial charge on any atom is 0.410 e. The molecule has 1 amide bonds. The normalized spacial score (nSPS) is 23.2. The fourth-order valence-corrected chi connectivity index (χ4v) is 2.93. The lowest BCUT2D eigenvalue weighted by molar-refractivity contribution is 0.0270. The number of carbonyl (C=O) groups excluding carboxylic acids is 1. The lowest BCUT2D eigenvalue weighted by atomic mass is 10.0. The van der Waals surface area contributed by atoms with Crippen LogP contribution >= 0.6 is 15.9 Å². The van der Waals surface area contributed by atoms with Crippen molar-refractivity contribution >= 4 is 22.0 Å². The predicted molar refractivity (Wildman–Crippen MR) is 77.6 cm³/mol. The van der Waals surface area contributed by atoms with Crippen LogP contribution in [-0.4, -0.2) is 50.9 Å². The fraction of sp³-hybridized carbons (Fsp3) is 0.692. The van der Waals surface area contributed by atoms with E-state index in [0.717, 1.165) is 11.5 Å². The van der Waals surface area contributed by atoms with E-state index < -0.39 is 17.8 Å². The molecule has 0 unspecified atom stereocenters. The van der Waals surface area contributed by atoms with Gasteiger partial charge in [0.25, 0.3) is 0 Å². The van der Waals surface area contributed by atoms with Crippen molar-refractivity contribution in [2.75, 3.05) is 13.1 Å². The average molecular weight is 346 g/mol. The molecule has 0 aliphatic carbocycles. The highest BCUT2D eigenvalue weighted by atomic mass is 79.9. The number of amides is 1. The molecule has 1 saturated heterocycles. The van der Waals surface area contributed by atoms with Crippen LogP contribution in [0.3, 0.4) is 0 Å². The molecule has 0 radical (unpaired) electrons. The van der Waals surface area contributed by atoms with Crippen molar-refractivity contribution in [2.24, 2.45) is 0 Å². The second kappa shape index (κ2) is 5.37. The van der Waals surface area contributed by atoms with Crippen LogP contribution in [0.15, 0.2) is 4.60 Å². The SMILES string of the molecule is Cc1nc(Br)c([C@@H]2CN(C(=O)OC(C)(C)C)C[C@H]2O)[nH]1. The van der Waals surface area contributed by atoms with E-state index in [1.165, 1.54) is 4.90 Å². The van der Waals surface area contributed by atoms with Crippen molar-refractivity contribution < 1.29 is 14.6 Å². The van der Waals surface area contributed by atoms with Gasteiger partial charge in [-0.15, -0.1) is 0 Å². The lowest BCUT2D eigenvalue weighted by Crippen LogP contribution is -2.35. The van der Waals surface area contributed by atoms with Crippen LogP contribution in [-0.2, 0) is 4.74 Å². The smallest absolute Gasteiger partial charge is 0.410 e. The van der Waals surface area contributed by atoms with Crippen molar-refractivity contribution in [3.63, 3.8) is 0 Å². The van der Waals surface area contributed by atoms with Crippen LogP contribution in [0, 0.1) is 6.92 Å². The van der Waals surface area contributed by atoms with Gasteiger partial charge in [-0.25, -0.2) is 9.78 Å². The number of β-amino-alcohol motifs (C(OH)–C–C–N with tert-alkyl or cyclic N) is 1. The number of rotatable bonds is 1. The van der Waals surface area contributed by atoms with Crippen LogP contribution in [0.2, 0.25) is 0 Å². The Balaban J connectivity index is 2.09. The highest BCUT2D eigenvalue weighted by Crippen LogP contribution is 2.31. The fourth-order valence-electron chi connectivity index (χ4n) is 2.27. The molecule has 2 heterocycles. The molecule has 2 N–H and O–H groups in total. The molecule has 1 aromatic rings. The van der Waals surface area contributed by atoms with Gasteiger partial charge in [-0.1, -0.05) is 0 Å². The molecular weight excluding hydrogens is 326 g/mol. The number of likely N-dealkylation sites (tertiary alicyclic amines) is 1. The molecule has 2 rings (SSSR count). The first-order chi connectivity index (χ1) is 9.17. The summed E-state index contributed by atoms with van der Waals surface area (Å²) >= 11 is 3.37. The Labute approximate surface area is 126 Å². The monoisotopic (exact) mass is 345 g/mol. The molecule has 0 bridgehead atoms. The minimum absolute atomic E-state index is 0.182. The van der Waals surface area contributed by atoms with Crippen molar-refractivity contribution in [1.82, 2.24) is 14.9 Å². The largest absolute Gasteiger partial charge is 0.444 e. The predicted octanol–water partition coefficient (Wildman–Crippen LogP) is 2.18. The number of hydrogen-bond acceptors (Lipinski definition) is 4. The number of nitrogens with one attached hydrogen (secondary N) is 1. The number of halogens is 1. The maximum atomic E-state index is 12.0. The highest BCUT2D eigenvalue weighted by Gasteiger charge is 2.38. The van der Waals surface area contributed by atoms with E-state index in [-0.39, 0.29) is 12.5 Å². The molecule has 1 aliphatic heterocycles. The van der Waals surface area contributed by atoms with E-state index in [9.17, 15) is 9.90 Å². The van der Waals surface area contributed by atoms with Gasteiger partial charge in [0.05, 0.1) is 18.3 Å². The third-order valence-electron chi connectivity index (χ3n) is 3.12. The molecule has 112 valence electrons. The van der Waals surface area contributed by atoms with Crippen molar-refractivity contribution in [2.45, 2.75) is 45.3 Å². The van der Waals surface area contributed by atoms with Gasteiger partial charge in [0.2, 0.25) is 0 Å². The quantitative estimate of drug-likeness (QED) is 0.817. The highest BCUT2D eigenvalue weighted by molar-refractivity contribution is 9.10. The Kier molecular flexibility index (Phi) is 4.11. The van der Waals surface area contributed by atoms with E-state index in [1.807, 2.05) is 27.7 Å². The van der Waals surface area contributed by atoms with Gasteiger partial charge in [-0.2, -0.15) is 0 Å². The molecule has 1 fully saturated rings. The average Bonchev–Trinajstić information content (AvgIpc) is 2.79. The number of hydrogen-bond donors (Lipinski definition) is 2. The van der Waals surface area contributed by atoms with E-state index in [2.05, 4.69) is 25.9 Å². The lowest BCUT2D eigenvalue weighted by Gasteiger charge is -2.24. The molecule has 1 aromatic heterocycles. The number of aliphatic hydroxyl groups excluding tert-OH is 1. The zero-order valence-electron chi connectivity index (χ0n) is 12.1. The van der Waals surface area contributed by atoms with Gasteiger partial charge in [0.1, 0.15) is 16.0 Å². The first kappa shape index (κ1) is 15.3. The second-order valence-electron chi connectivity index (χ2n) is 6.09. The number of aromatic nitrogens is 2. The molecule has 2 atom stereocenters. The number of carbonyl (C=O) groups is 1. The summed E-state index contributed by atoms with van der Waals surface area (Å²) in [6.45, 7) is 8.00. The van der Waals surface area contributed by atoms with Gasteiger partial charge < -0.3 is 19.7 Å². The van der Waals surface area contributed by atoms with Crippen molar-refractivity contribution in [3.05, 3.63) is 16.1 Å². The summed E-state index contributed by atoms with van der Waals surface area (Å²) in [6.07, 6.45) is -1.02. The first-order valence-electron chi connectivity index (χ1n) is 6.55. The zero-order chi connectivity index (χ0) is 15.1. The molecule has 20 heavy (non-hydrogen) atoms. The van der Waals surface area contributed by atoms with Gasteiger partial charge in [-0.05, 0) is 43.6 Å². The minimum Gasteiger partial charge on any atom is -0.444 e. The van der Waals surface area contributed by atoms with Gasteiger partial charge >= 0.3 is 6.09 Å². The van der Waals surface area contributed by atoms with Gasteiger partial charge in [0.15, 0.2) is 0 Å². The zero-order valence-corrected chi connectivity index (χ0v) is 13.7. The summed E-state index contributed by atoms with van der Waals surface area (Å²) in [6, 6.07) is 0. The summed E-state index contributed by atoms with van der Waals surface area (Å²) in [5.74, 6) is 0.591. The first-order valence-corrected chi connectivity index (χ1v) is 7.34. The summed E-state index contributed by atoms with van der Waals surface area (Å²) in [4.78, 5) is 20.9. The van der Waals surface area contributed by atoms with E-state index in [0.29, 0.717) is 11.1 Å². The summed E-state index contributed by atoms with van der Waals surface area (Å²) < 4.78 is 6.01. The van der Waals surface area contributed by atoms with Crippen molar-refractivity contribution in [3.8, 4) is 0 Å². The van der Waals surface area contributed by atoms with E-state index in [1.54, 1.807) is 0 Å². The Hall–Kier alpha value is -1.08. The van der Waals surface area contributed by atoms with Crippen LogP contribution in [0.1, 0.15) is 38.2 Å². The Morgan fingerprint density at radius 3 is 2.65 bits per heavy atom. The number of aromatic amines is 1. The summed E-state index contributed by atoms with van der Waals surface area (Å²) in [7, 11) is 0. The number of H-pyrrole nitrogens is 1. The van der Waals surface area contributed by atoms with Crippen LogP contribution in [0.4, 0.5) is 4.79 Å². The topological polar surface area (TPSA) is 78.5 Å². The van der Waals surface area contributed by atoms with Gasteiger partial charge in [0, 0.05) is 12.5 Å². The molecule has 6 nitrogen and oxygen atoms in total. The Morgan fingerprint density at radius 2 is 2.15 bits per heavy atom. The number of imidazole rings is 1. The Bertz CT molecular complexity index is 509. The number of nitrogens with zero attached hydrogens (tertiary/aromatic N) is 2. The van der Waals surface area contributed by atoms with Crippen LogP contribution < -0.4 is 0 Å². The summed E-state index contributed by atoms with van der Waals surface area (Å²) in [5, 5.41) is 10.2. The standard InChI is InChI=1S/C13H20BrN3O3/c1-7-15-10(11(14)16-7)8-5-17(6-9(8)18)12(19)20-13(2,3)4/h8-9,18H,5-6H2,1-4H3,(H,15,16)/t8-,9-/m1/s1. The molecular formula is C13H20BrN3O3. The van der Waals surface area contributed by atoms with Crippen LogP contribution in [0.25, 0.3) is 0 Å². The maximum absolute atomic E-state index is 12.0. The van der Waals surface area contributed by atoms with Gasteiger partial charge in [-0.3, -0.25) is 0 Å². The Morgan fingerprint density at radius 1 is 1.50 bits per heavy atom. The number of aliphatic hydroxyl groups is 1. The third-order valence-corrected chi connectivity index (χ3v) is 3.72. The molecule has 1 aliphatic rings. The third kappa shape index (κ3) is 3.32. The molecule has 0 saturated carbocycles. The minimum atomic E-state index is -0.626. The number of aryl methyl sites for hydroxylation is 1. The molecule has 0 spiro atoms. The molecule has 7 heteroatoms. The van der Waals surface area contributed by atoms with E-state index >= 15 is 0 Å². The molecule has 0 aromatic carbocycles. The summed E-state index contributed by atoms with van der Waals surface area (Å²) in [5.41, 5.74) is 0.284. The second-order valence-corrected chi connectivity index (χ2v) is 6.84. The van der Waals surface area contributed by atoms with Crippen LogP contribution in [0.5, 0.6) is 0 Å².